The predicted octanol–water partition coefficient (Wildman–Crippen LogP) is 0.315. The number of hydrogen-bond donors (Lipinski definition) is 2. The van der Waals surface area contributed by atoms with E-state index in [4.69, 9.17) is 0 Å². The van der Waals surface area contributed by atoms with Crippen molar-refractivity contribution in [2.75, 3.05) is 13.1 Å². The Labute approximate surface area is 88.1 Å². The van der Waals surface area contributed by atoms with E-state index < -0.39 is 0 Å². The smallest absolute Gasteiger partial charge is 0.257 e. The van der Waals surface area contributed by atoms with E-state index in [9.17, 15) is 9.90 Å². The number of carbonyl (C=O) groups is 1. The van der Waals surface area contributed by atoms with Crippen LogP contribution in [0.1, 0.15) is 28.9 Å². The van der Waals surface area contributed by atoms with Gasteiger partial charge >= 0.3 is 0 Å². The SMILES string of the molecule is Cc1[nH]ncc1C(=O)N1CCCC(O)C1. The summed E-state index contributed by atoms with van der Waals surface area (Å²) in [6.45, 7) is 2.98. The molecular formula is C10H15N3O2. The van der Waals surface area contributed by atoms with Crippen LogP contribution in [-0.2, 0) is 0 Å². The number of aromatic nitrogens is 2. The molecule has 1 atom stereocenters. The Bertz CT molecular complexity index is 361. The first-order valence-electron chi connectivity index (χ1n) is 5.16. The van der Waals surface area contributed by atoms with Crippen molar-refractivity contribution < 1.29 is 9.90 Å². The van der Waals surface area contributed by atoms with Gasteiger partial charge in [0.25, 0.3) is 5.91 Å². The maximum absolute atomic E-state index is 12.0. The van der Waals surface area contributed by atoms with Gasteiger partial charge in [-0.05, 0) is 19.8 Å². The van der Waals surface area contributed by atoms with E-state index in [1.54, 1.807) is 11.1 Å². The average molecular weight is 209 g/mol. The van der Waals surface area contributed by atoms with Crippen LogP contribution < -0.4 is 0 Å². The third-order valence-corrected chi connectivity index (χ3v) is 2.74. The third-order valence-electron chi connectivity index (χ3n) is 2.74. The summed E-state index contributed by atoms with van der Waals surface area (Å²) in [6, 6.07) is 0. The fourth-order valence-electron chi connectivity index (χ4n) is 1.88. The number of nitrogens with one attached hydrogen (secondary N) is 1. The number of β-amino-alcohol motifs (C(OH)–C–C–N with tert-alkyl or cyclic N) is 1. The molecule has 1 aromatic heterocycles. The number of H-pyrrole nitrogens is 1. The average Bonchev–Trinajstić information content (AvgIpc) is 2.63. The molecule has 1 unspecified atom stereocenters. The van der Waals surface area contributed by atoms with Crippen LogP contribution in [0.2, 0.25) is 0 Å². The minimum absolute atomic E-state index is 0.0417. The van der Waals surface area contributed by atoms with Gasteiger partial charge in [0.2, 0.25) is 0 Å². The van der Waals surface area contributed by atoms with Crippen molar-refractivity contribution in [3.63, 3.8) is 0 Å². The zero-order valence-corrected chi connectivity index (χ0v) is 8.73. The lowest BCUT2D eigenvalue weighted by atomic mass is 10.1. The molecular weight excluding hydrogens is 194 g/mol. The van der Waals surface area contributed by atoms with Crippen molar-refractivity contribution in [1.82, 2.24) is 15.1 Å². The molecule has 5 heteroatoms. The molecule has 1 aliphatic heterocycles. The standard InChI is InChI=1S/C10H15N3O2/c1-7-9(5-11-12-7)10(15)13-4-2-3-8(14)6-13/h5,8,14H,2-4,6H2,1H3,(H,11,12). The molecule has 0 aliphatic carbocycles. The van der Waals surface area contributed by atoms with E-state index in [1.165, 1.54) is 0 Å². The summed E-state index contributed by atoms with van der Waals surface area (Å²) in [6.07, 6.45) is 2.81. The van der Waals surface area contributed by atoms with Crippen LogP contribution in [0.25, 0.3) is 0 Å². The van der Waals surface area contributed by atoms with E-state index in [0.29, 0.717) is 12.1 Å². The molecule has 1 amide bonds. The summed E-state index contributed by atoms with van der Waals surface area (Å²) in [4.78, 5) is 13.7. The zero-order chi connectivity index (χ0) is 10.8. The van der Waals surface area contributed by atoms with Crippen LogP contribution in [0, 0.1) is 6.92 Å². The summed E-state index contributed by atoms with van der Waals surface area (Å²) in [5.41, 5.74) is 1.38. The van der Waals surface area contributed by atoms with Gasteiger partial charge in [-0.25, -0.2) is 0 Å². The summed E-state index contributed by atoms with van der Waals surface area (Å²) in [5.74, 6) is -0.0417. The molecule has 0 saturated carbocycles. The number of aliphatic hydroxyl groups is 1. The Morgan fingerprint density at radius 2 is 2.53 bits per heavy atom. The Balaban J connectivity index is 2.11. The van der Waals surface area contributed by atoms with Crippen molar-refractivity contribution in [2.24, 2.45) is 0 Å². The number of aromatic amines is 1. The lowest BCUT2D eigenvalue weighted by Gasteiger charge is -2.29. The molecule has 15 heavy (non-hydrogen) atoms. The molecule has 5 nitrogen and oxygen atoms in total. The molecule has 1 aliphatic rings. The minimum Gasteiger partial charge on any atom is -0.391 e. The maximum Gasteiger partial charge on any atom is 0.257 e. The first-order chi connectivity index (χ1) is 7.18. The molecule has 0 radical (unpaired) electrons. The molecule has 2 heterocycles. The number of hydrogen-bond acceptors (Lipinski definition) is 3. The van der Waals surface area contributed by atoms with Gasteiger partial charge in [-0.1, -0.05) is 0 Å². The van der Waals surface area contributed by atoms with Crippen LogP contribution in [0.15, 0.2) is 6.20 Å². The highest BCUT2D eigenvalue weighted by molar-refractivity contribution is 5.95. The predicted molar refractivity (Wildman–Crippen MR) is 54.5 cm³/mol. The molecule has 0 bridgehead atoms. The Morgan fingerprint density at radius 3 is 3.13 bits per heavy atom. The second-order valence-electron chi connectivity index (χ2n) is 3.96. The van der Waals surface area contributed by atoms with Gasteiger partial charge in [0.05, 0.1) is 17.9 Å². The van der Waals surface area contributed by atoms with Crippen LogP contribution >= 0.6 is 0 Å². The molecule has 1 saturated heterocycles. The van der Waals surface area contributed by atoms with E-state index in [-0.39, 0.29) is 12.0 Å². The summed E-state index contributed by atoms with van der Waals surface area (Å²) < 4.78 is 0. The number of aryl methyl sites for hydroxylation is 1. The Kier molecular flexibility index (Phi) is 2.73. The van der Waals surface area contributed by atoms with Gasteiger partial charge in [0.15, 0.2) is 0 Å². The van der Waals surface area contributed by atoms with Crippen molar-refractivity contribution >= 4 is 5.91 Å². The summed E-state index contributed by atoms with van der Waals surface area (Å²) >= 11 is 0. The normalized spacial score (nSPS) is 21.7. The van der Waals surface area contributed by atoms with Crippen LogP contribution in [0.5, 0.6) is 0 Å². The highest BCUT2D eigenvalue weighted by Gasteiger charge is 2.24. The number of amides is 1. The van der Waals surface area contributed by atoms with Crippen molar-refractivity contribution in [3.05, 3.63) is 17.5 Å². The Morgan fingerprint density at radius 1 is 1.73 bits per heavy atom. The van der Waals surface area contributed by atoms with Gasteiger partial charge in [0, 0.05) is 18.8 Å². The second-order valence-corrected chi connectivity index (χ2v) is 3.96. The number of likely N-dealkylation sites (tertiary alicyclic amines) is 1. The second kappa shape index (κ2) is 4.02. The summed E-state index contributed by atoms with van der Waals surface area (Å²) in [7, 11) is 0. The Hall–Kier alpha value is -1.36. The number of rotatable bonds is 1. The number of nitrogens with zero attached hydrogens (tertiary/aromatic N) is 2. The lowest BCUT2D eigenvalue weighted by Crippen LogP contribution is -2.42. The van der Waals surface area contributed by atoms with E-state index in [0.717, 1.165) is 25.1 Å². The van der Waals surface area contributed by atoms with Gasteiger partial charge in [-0.3, -0.25) is 9.89 Å². The molecule has 2 rings (SSSR count). The quantitative estimate of drug-likeness (QED) is 0.699. The van der Waals surface area contributed by atoms with E-state index >= 15 is 0 Å². The minimum atomic E-state index is -0.380. The number of piperidine rings is 1. The molecule has 1 aromatic rings. The molecule has 0 aromatic carbocycles. The van der Waals surface area contributed by atoms with Crippen molar-refractivity contribution in [3.8, 4) is 0 Å². The molecule has 1 fully saturated rings. The lowest BCUT2D eigenvalue weighted by molar-refractivity contribution is 0.0473. The molecule has 82 valence electrons. The largest absolute Gasteiger partial charge is 0.391 e. The van der Waals surface area contributed by atoms with E-state index in [2.05, 4.69) is 10.2 Å². The highest BCUT2D eigenvalue weighted by atomic mass is 16.3. The van der Waals surface area contributed by atoms with E-state index in [1.807, 2.05) is 6.92 Å². The van der Waals surface area contributed by atoms with Gasteiger partial charge in [0.1, 0.15) is 0 Å². The molecule has 0 spiro atoms. The van der Waals surface area contributed by atoms with Gasteiger partial charge < -0.3 is 10.0 Å². The monoisotopic (exact) mass is 209 g/mol. The molecule has 2 N–H and O–H groups in total. The topological polar surface area (TPSA) is 69.2 Å². The number of carbonyl (C=O) groups excluding carboxylic acids is 1. The van der Waals surface area contributed by atoms with Gasteiger partial charge in [-0.2, -0.15) is 5.10 Å². The third kappa shape index (κ3) is 2.02. The van der Waals surface area contributed by atoms with Crippen molar-refractivity contribution in [2.45, 2.75) is 25.9 Å². The van der Waals surface area contributed by atoms with Gasteiger partial charge in [-0.15, -0.1) is 0 Å². The van der Waals surface area contributed by atoms with Crippen molar-refractivity contribution in [1.29, 1.82) is 0 Å². The first kappa shape index (κ1) is 10.2. The maximum atomic E-state index is 12.0. The fraction of sp³-hybridized carbons (Fsp3) is 0.600. The van der Waals surface area contributed by atoms with Crippen LogP contribution in [0.3, 0.4) is 0 Å². The highest BCUT2D eigenvalue weighted by Crippen LogP contribution is 2.14. The number of aliphatic hydroxyl groups excluding tert-OH is 1. The fourth-order valence-corrected chi connectivity index (χ4v) is 1.88. The summed E-state index contributed by atoms with van der Waals surface area (Å²) in [5, 5.41) is 16.0. The zero-order valence-electron chi connectivity index (χ0n) is 8.73. The van der Waals surface area contributed by atoms with Crippen LogP contribution in [-0.4, -0.2) is 45.3 Å². The van der Waals surface area contributed by atoms with Crippen LogP contribution in [0.4, 0.5) is 0 Å². The first-order valence-corrected chi connectivity index (χ1v) is 5.16.